The molecule has 2 unspecified atom stereocenters. The van der Waals surface area contributed by atoms with Crippen molar-refractivity contribution in [2.45, 2.75) is 43.9 Å². The number of aliphatic hydroxyl groups excluding tert-OH is 1. The fraction of sp³-hybridized carbons (Fsp3) is 0.533. The first kappa shape index (κ1) is 15.1. The van der Waals surface area contributed by atoms with Crippen LogP contribution < -0.4 is 5.32 Å². The standard InChI is InChI=1S/C15H20N2O2.ClH/c18-14-8-12-6-7-13(9-14)17(12)15(19)10-16-11-4-2-1-3-5-11;/h1-5,12-14,16,18H,6-10H2;1H. The molecule has 2 atom stereocenters. The van der Waals surface area contributed by atoms with Gasteiger partial charge in [-0.25, -0.2) is 0 Å². The Labute approximate surface area is 125 Å². The van der Waals surface area contributed by atoms with Crippen molar-refractivity contribution in [3.63, 3.8) is 0 Å². The van der Waals surface area contributed by atoms with Gasteiger partial charge in [0.05, 0.1) is 12.6 Å². The predicted octanol–water partition coefficient (Wildman–Crippen LogP) is 2.03. The highest BCUT2D eigenvalue weighted by atomic mass is 35.5. The van der Waals surface area contributed by atoms with Gasteiger partial charge in [-0.2, -0.15) is 0 Å². The lowest BCUT2D eigenvalue weighted by molar-refractivity contribution is -0.135. The van der Waals surface area contributed by atoms with Crippen molar-refractivity contribution in [2.24, 2.45) is 0 Å². The van der Waals surface area contributed by atoms with E-state index in [0.717, 1.165) is 31.4 Å². The molecule has 0 aromatic heterocycles. The lowest BCUT2D eigenvalue weighted by Gasteiger charge is -2.37. The van der Waals surface area contributed by atoms with Gasteiger partial charge in [0.25, 0.3) is 0 Å². The van der Waals surface area contributed by atoms with Gasteiger partial charge in [-0.1, -0.05) is 18.2 Å². The molecule has 0 saturated carbocycles. The van der Waals surface area contributed by atoms with Crippen LogP contribution in [0.5, 0.6) is 0 Å². The van der Waals surface area contributed by atoms with Crippen molar-refractivity contribution in [3.8, 4) is 0 Å². The third kappa shape index (κ3) is 3.07. The number of para-hydroxylation sites is 1. The molecule has 2 aliphatic heterocycles. The average Bonchev–Trinajstić information content (AvgIpc) is 2.70. The van der Waals surface area contributed by atoms with Crippen molar-refractivity contribution in [1.29, 1.82) is 0 Å². The Morgan fingerprint density at radius 3 is 2.40 bits per heavy atom. The van der Waals surface area contributed by atoms with Gasteiger partial charge >= 0.3 is 0 Å². The lowest BCUT2D eigenvalue weighted by atomic mass is 10.00. The number of aliphatic hydroxyl groups is 1. The number of carbonyl (C=O) groups excluding carboxylic acids is 1. The number of nitrogens with one attached hydrogen (secondary N) is 1. The number of hydrogen-bond donors (Lipinski definition) is 2. The van der Waals surface area contributed by atoms with Crippen LogP contribution in [-0.2, 0) is 4.79 Å². The van der Waals surface area contributed by atoms with Crippen LogP contribution in [0.4, 0.5) is 5.69 Å². The minimum atomic E-state index is -0.219. The summed E-state index contributed by atoms with van der Waals surface area (Å²) >= 11 is 0. The second kappa shape index (κ2) is 6.46. The first-order chi connectivity index (χ1) is 9.24. The summed E-state index contributed by atoms with van der Waals surface area (Å²) < 4.78 is 0. The van der Waals surface area contributed by atoms with Gasteiger partial charge in [0, 0.05) is 17.8 Å². The average molecular weight is 297 g/mol. The number of piperidine rings is 1. The Morgan fingerprint density at radius 1 is 1.20 bits per heavy atom. The fourth-order valence-electron chi connectivity index (χ4n) is 3.38. The van der Waals surface area contributed by atoms with E-state index in [1.165, 1.54) is 0 Å². The molecule has 2 saturated heterocycles. The van der Waals surface area contributed by atoms with Crippen LogP contribution in [0.25, 0.3) is 0 Å². The Bertz CT molecular complexity index is 440. The second-order valence-corrected chi connectivity index (χ2v) is 5.53. The zero-order valence-corrected chi connectivity index (χ0v) is 12.2. The van der Waals surface area contributed by atoms with Crippen LogP contribution in [0.15, 0.2) is 30.3 Å². The third-order valence-electron chi connectivity index (χ3n) is 4.21. The first-order valence-corrected chi connectivity index (χ1v) is 7.02. The molecular formula is C15H21ClN2O2. The quantitative estimate of drug-likeness (QED) is 0.897. The maximum atomic E-state index is 12.3. The minimum Gasteiger partial charge on any atom is -0.393 e. The molecular weight excluding hydrogens is 276 g/mol. The van der Waals surface area contributed by atoms with E-state index in [2.05, 4.69) is 5.32 Å². The molecule has 2 N–H and O–H groups in total. The van der Waals surface area contributed by atoms with Crippen molar-refractivity contribution >= 4 is 24.0 Å². The van der Waals surface area contributed by atoms with E-state index >= 15 is 0 Å². The second-order valence-electron chi connectivity index (χ2n) is 5.53. The molecule has 110 valence electrons. The first-order valence-electron chi connectivity index (χ1n) is 7.02. The number of anilines is 1. The maximum absolute atomic E-state index is 12.3. The minimum absolute atomic E-state index is 0. The van der Waals surface area contributed by atoms with Gasteiger partial charge in [0.2, 0.25) is 5.91 Å². The SMILES string of the molecule is Cl.O=C(CNc1ccccc1)N1C2CCC1CC(O)C2. The molecule has 1 aromatic rings. The van der Waals surface area contributed by atoms with Crippen LogP contribution in [0, 0.1) is 0 Å². The molecule has 0 spiro atoms. The third-order valence-corrected chi connectivity index (χ3v) is 4.21. The Hall–Kier alpha value is -1.26. The van der Waals surface area contributed by atoms with Crippen LogP contribution in [0.2, 0.25) is 0 Å². The van der Waals surface area contributed by atoms with Gasteiger partial charge in [0.1, 0.15) is 0 Å². The maximum Gasteiger partial charge on any atom is 0.242 e. The van der Waals surface area contributed by atoms with E-state index in [1.807, 2.05) is 35.2 Å². The van der Waals surface area contributed by atoms with Crippen LogP contribution in [-0.4, -0.2) is 40.6 Å². The summed E-state index contributed by atoms with van der Waals surface area (Å²) in [5, 5.41) is 12.9. The molecule has 2 heterocycles. The summed E-state index contributed by atoms with van der Waals surface area (Å²) in [6, 6.07) is 10.3. The van der Waals surface area contributed by atoms with Crippen molar-refractivity contribution in [1.82, 2.24) is 4.90 Å². The summed E-state index contributed by atoms with van der Waals surface area (Å²) in [5.74, 6) is 0.156. The van der Waals surface area contributed by atoms with Crippen molar-refractivity contribution in [3.05, 3.63) is 30.3 Å². The largest absolute Gasteiger partial charge is 0.393 e. The number of amides is 1. The van der Waals surface area contributed by atoms with Crippen molar-refractivity contribution in [2.75, 3.05) is 11.9 Å². The molecule has 1 amide bonds. The monoisotopic (exact) mass is 296 g/mol. The summed E-state index contributed by atoms with van der Waals surface area (Å²) in [6.45, 7) is 0.340. The molecule has 2 fully saturated rings. The van der Waals surface area contributed by atoms with Crippen molar-refractivity contribution < 1.29 is 9.90 Å². The molecule has 2 bridgehead atoms. The van der Waals surface area contributed by atoms with E-state index in [9.17, 15) is 9.90 Å². The summed E-state index contributed by atoms with van der Waals surface area (Å²) in [7, 11) is 0. The van der Waals surface area contributed by atoms with Gasteiger partial charge in [-0.3, -0.25) is 4.79 Å². The van der Waals surface area contributed by atoms with E-state index in [4.69, 9.17) is 0 Å². The van der Waals surface area contributed by atoms with E-state index in [1.54, 1.807) is 0 Å². The molecule has 0 radical (unpaired) electrons. The fourth-order valence-corrected chi connectivity index (χ4v) is 3.38. The van der Waals surface area contributed by atoms with Gasteiger partial charge in [0.15, 0.2) is 0 Å². The molecule has 0 aliphatic carbocycles. The Morgan fingerprint density at radius 2 is 1.80 bits per heavy atom. The normalized spacial score (nSPS) is 27.9. The smallest absolute Gasteiger partial charge is 0.242 e. The summed E-state index contributed by atoms with van der Waals surface area (Å²) in [6.07, 6.45) is 3.35. The number of nitrogens with zero attached hydrogens (tertiary/aromatic N) is 1. The summed E-state index contributed by atoms with van der Waals surface area (Å²) in [5.41, 5.74) is 0.972. The predicted molar refractivity (Wildman–Crippen MR) is 81.1 cm³/mol. The highest BCUT2D eigenvalue weighted by molar-refractivity contribution is 5.85. The molecule has 1 aromatic carbocycles. The Balaban J connectivity index is 0.00000147. The van der Waals surface area contributed by atoms with Crippen LogP contribution >= 0.6 is 12.4 Å². The molecule has 4 nitrogen and oxygen atoms in total. The molecule has 20 heavy (non-hydrogen) atoms. The lowest BCUT2D eigenvalue weighted by Crippen LogP contribution is -2.49. The number of hydrogen-bond acceptors (Lipinski definition) is 3. The van der Waals surface area contributed by atoms with Gasteiger partial charge in [-0.15, -0.1) is 12.4 Å². The summed E-state index contributed by atoms with van der Waals surface area (Å²) in [4.78, 5) is 14.3. The number of halogens is 1. The number of fused-ring (bicyclic) bond motifs is 2. The van der Waals surface area contributed by atoms with E-state index < -0.39 is 0 Å². The Kier molecular flexibility index (Phi) is 4.89. The van der Waals surface area contributed by atoms with Gasteiger partial charge < -0.3 is 15.3 Å². The van der Waals surface area contributed by atoms with Crippen LogP contribution in [0.3, 0.4) is 0 Å². The van der Waals surface area contributed by atoms with Crippen LogP contribution in [0.1, 0.15) is 25.7 Å². The number of carbonyl (C=O) groups is 1. The number of rotatable bonds is 3. The zero-order chi connectivity index (χ0) is 13.2. The van der Waals surface area contributed by atoms with E-state index in [-0.39, 0.29) is 36.5 Å². The molecule has 5 heteroatoms. The molecule has 3 rings (SSSR count). The van der Waals surface area contributed by atoms with E-state index in [0.29, 0.717) is 6.54 Å². The van der Waals surface area contributed by atoms with Gasteiger partial charge in [-0.05, 0) is 37.8 Å². The highest BCUT2D eigenvalue weighted by Crippen LogP contribution is 2.35. The molecule has 2 aliphatic rings. The zero-order valence-electron chi connectivity index (χ0n) is 11.4. The number of benzene rings is 1. The highest BCUT2D eigenvalue weighted by Gasteiger charge is 2.42. The topological polar surface area (TPSA) is 52.6 Å².